The van der Waals surface area contributed by atoms with Crippen molar-refractivity contribution in [1.82, 2.24) is 0 Å². The molecule has 0 saturated carbocycles. The molecule has 1 aromatic carbocycles. The minimum atomic E-state index is -0.523. The molecule has 1 atom stereocenters. The van der Waals surface area contributed by atoms with Crippen LogP contribution in [-0.4, -0.2) is 5.91 Å². The lowest BCUT2D eigenvalue weighted by Crippen LogP contribution is -2.31. The Morgan fingerprint density at radius 3 is 2.75 bits per heavy atom. The lowest BCUT2D eigenvalue weighted by molar-refractivity contribution is -0.118. The molecule has 1 aliphatic heterocycles. The zero-order valence-electron chi connectivity index (χ0n) is 8.86. The van der Waals surface area contributed by atoms with E-state index >= 15 is 0 Å². The second kappa shape index (κ2) is 3.19. The third-order valence-corrected chi connectivity index (χ3v) is 4.27. The van der Waals surface area contributed by atoms with Gasteiger partial charge >= 0.3 is 0 Å². The fourth-order valence-corrected chi connectivity index (χ4v) is 3.10. The normalized spacial score (nSPS) is 22.9. The SMILES string of the molecule is CC1(c2cccs2)C(=O)Nc2ccccc21. The topological polar surface area (TPSA) is 29.1 Å². The van der Waals surface area contributed by atoms with Gasteiger partial charge in [-0.25, -0.2) is 0 Å². The molecule has 0 spiro atoms. The number of thiophene rings is 1. The summed E-state index contributed by atoms with van der Waals surface area (Å²) < 4.78 is 0. The standard InChI is InChI=1S/C13H11NOS/c1-13(11-7-4-8-16-11)9-5-2-3-6-10(9)14-12(13)15/h2-8H,1H3,(H,14,15). The van der Waals surface area contributed by atoms with E-state index in [1.165, 1.54) is 0 Å². The number of amides is 1. The summed E-state index contributed by atoms with van der Waals surface area (Å²) in [6.07, 6.45) is 0. The van der Waals surface area contributed by atoms with Gasteiger partial charge in [0.05, 0.1) is 0 Å². The van der Waals surface area contributed by atoms with Crippen molar-refractivity contribution in [1.29, 1.82) is 0 Å². The zero-order chi connectivity index (χ0) is 11.2. The van der Waals surface area contributed by atoms with Crippen LogP contribution in [0.25, 0.3) is 0 Å². The minimum absolute atomic E-state index is 0.0659. The average Bonchev–Trinajstić information content (AvgIpc) is 2.89. The van der Waals surface area contributed by atoms with Gasteiger partial charge < -0.3 is 5.32 Å². The Morgan fingerprint density at radius 1 is 1.19 bits per heavy atom. The molecule has 2 heterocycles. The Kier molecular flexibility index (Phi) is 1.91. The lowest BCUT2D eigenvalue weighted by Gasteiger charge is -2.20. The molecule has 1 amide bonds. The fourth-order valence-electron chi connectivity index (χ4n) is 2.21. The van der Waals surface area contributed by atoms with Crippen LogP contribution in [0.4, 0.5) is 5.69 Å². The van der Waals surface area contributed by atoms with Crippen LogP contribution in [0, 0.1) is 0 Å². The van der Waals surface area contributed by atoms with E-state index in [2.05, 4.69) is 5.32 Å². The van der Waals surface area contributed by atoms with Crippen molar-refractivity contribution in [2.45, 2.75) is 12.3 Å². The summed E-state index contributed by atoms with van der Waals surface area (Å²) in [6, 6.07) is 11.9. The first-order chi connectivity index (χ1) is 7.73. The monoisotopic (exact) mass is 229 g/mol. The molecule has 0 radical (unpaired) electrons. The predicted octanol–water partition coefficient (Wildman–Crippen LogP) is 3.01. The van der Waals surface area contributed by atoms with Crippen LogP contribution in [0.15, 0.2) is 41.8 Å². The van der Waals surface area contributed by atoms with E-state index in [0.29, 0.717) is 0 Å². The quantitative estimate of drug-likeness (QED) is 0.800. The summed E-state index contributed by atoms with van der Waals surface area (Å²) in [5.74, 6) is 0.0659. The molecule has 1 aliphatic rings. The Bertz CT molecular complexity index is 547. The lowest BCUT2D eigenvalue weighted by atomic mass is 9.82. The number of hydrogen-bond acceptors (Lipinski definition) is 2. The molecular formula is C13H11NOS. The molecule has 1 N–H and O–H groups in total. The first-order valence-electron chi connectivity index (χ1n) is 5.18. The Morgan fingerprint density at radius 2 is 2.00 bits per heavy atom. The summed E-state index contributed by atoms with van der Waals surface area (Å²) in [7, 11) is 0. The molecule has 3 heteroatoms. The maximum absolute atomic E-state index is 12.1. The molecule has 16 heavy (non-hydrogen) atoms. The summed E-state index contributed by atoms with van der Waals surface area (Å²) in [6.45, 7) is 1.99. The van der Waals surface area contributed by atoms with Crippen LogP contribution < -0.4 is 5.32 Å². The van der Waals surface area contributed by atoms with Crippen LogP contribution in [0.3, 0.4) is 0 Å². The number of fused-ring (bicyclic) bond motifs is 1. The van der Waals surface area contributed by atoms with Crippen molar-refractivity contribution in [2.75, 3.05) is 5.32 Å². The van der Waals surface area contributed by atoms with Gasteiger partial charge in [-0.2, -0.15) is 0 Å². The van der Waals surface area contributed by atoms with Crippen LogP contribution in [-0.2, 0) is 10.2 Å². The van der Waals surface area contributed by atoms with Crippen molar-refractivity contribution in [3.05, 3.63) is 52.2 Å². The van der Waals surface area contributed by atoms with Gasteiger partial charge in [-0.1, -0.05) is 24.3 Å². The highest BCUT2D eigenvalue weighted by Gasteiger charge is 2.44. The Hall–Kier alpha value is -1.61. The van der Waals surface area contributed by atoms with Gasteiger partial charge in [0.2, 0.25) is 5.91 Å². The first kappa shape index (κ1) is 9.60. The van der Waals surface area contributed by atoms with Crippen molar-refractivity contribution < 1.29 is 4.79 Å². The maximum atomic E-state index is 12.1. The minimum Gasteiger partial charge on any atom is -0.325 e. The molecule has 0 saturated heterocycles. The molecule has 2 aromatic rings. The third kappa shape index (κ3) is 1.09. The molecule has 0 fully saturated rings. The molecule has 0 aliphatic carbocycles. The summed E-state index contributed by atoms with van der Waals surface area (Å²) in [5, 5.41) is 4.95. The van der Waals surface area contributed by atoms with E-state index in [-0.39, 0.29) is 5.91 Å². The van der Waals surface area contributed by atoms with Crippen LogP contribution in [0.2, 0.25) is 0 Å². The highest BCUT2D eigenvalue weighted by molar-refractivity contribution is 7.10. The largest absolute Gasteiger partial charge is 0.325 e. The Labute approximate surface area is 97.9 Å². The highest BCUT2D eigenvalue weighted by atomic mass is 32.1. The van der Waals surface area contributed by atoms with Crippen molar-refractivity contribution in [3.63, 3.8) is 0 Å². The van der Waals surface area contributed by atoms with E-state index in [4.69, 9.17) is 0 Å². The molecular weight excluding hydrogens is 218 g/mol. The first-order valence-corrected chi connectivity index (χ1v) is 6.06. The van der Waals surface area contributed by atoms with Gasteiger partial charge in [-0.3, -0.25) is 4.79 Å². The summed E-state index contributed by atoms with van der Waals surface area (Å²) >= 11 is 1.63. The fraction of sp³-hybridized carbons (Fsp3) is 0.154. The number of hydrogen-bond donors (Lipinski definition) is 1. The number of para-hydroxylation sites is 1. The van der Waals surface area contributed by atoms with Crippen LogP contribution in [0.5, 0.6) is 0 Å². The maximum Gasteiger partial charge on any atom is 0.240 e. The van der Waals surface area contributed by atoms with Crippen molar-refractivity contribution in [2.24, 2.45) is 0 Å². The van der Waals surface area contributed by atoms with Gasteiger partial charge in [0.15, 0.2) is 0 Å². The van der Waals surface area contributed by atoms with E-state index in [1.54, 1.807) is 11.3 Å². The smallest absolute Gasteiger partial charge is 0.240 e. The second-order valence-electron chi connectivity index (χ2n) is 4.10. The number of carbonyl (C=O) groups is 1. The highest BCUT2D eigenvalue weighted by Crippen LogP contribution is 2.43. The van der Waals surface area contributed by atoms with E-state index < -0.39 is 5.41 Å². The third-order valence-electron chi connectivity index (χ3n) is 3.18. The van der Waals surface area contributed by atoms with E-state index in [1.807, 2.05) is 48.7 Å². The van der Waals surface area contributed by atoms with Gasteiger partial charge in [0.1, 0.15) is 5.41 Å². The van der Waals surface area contributed by atoms with Crippen molar-refractivity contribution >= 4 is 22.9 Å². The summed E-state index contributed by atoms with van der Waals surface area (Å²) in [4.78, 5) is 13.2. The molecule has 0 bridgehead atoms. The van der Waals surface area contributed by atoms with Crippen LogP contribution >= 0.6 is 11.3 Å². The number of anilines is 1. The van der Waals surface area contributed by atoms with Crippen LogP contribution in [0.1, 0.15) is 17.4 Å². The number of nitrogens with one attached hydrogen (secondary N) is 1. The molecule has 80 valence electrons. The van der Waals surface area contributed by atoms with E-state index in [0.717, 1.165) is 16.1 Å². The van der Waals surface area contributed by atoms with E-state index in [9.17, 15) is 4.79 Å². The second-order valence-corrected chi connectivity index (χ2v) is 5.05. The molecule has 1 aromatic heterocycles. The average molecular weight is 229 g/mol. The predicted molar refractivity (Wildman–Crippen MR) is 65.8 cm³/mol. The molecule has 1 unspecified atom stereocenters. The summed E-state index contributed by atoms with van der Waals surface area (Å²) in [5.41, 5.74) is 1.48. The van der Waals surface area contributed by atoms with Gasteiger partial charge in [0.25, 0.3) is 0 Å². The van der Waals surface area contributed by atoms with Gasteiger partial charge in [0, 0.05) is 10.6 Å². The van der Waals surface area contributed by atoms with Gasteiger partial charge in [-0.05, 0) is 30.0 Å². The number of rotatable bonds is 1. The number of carbonyl (C=O) groups excluding carboxylic acids is 1. The van der Waals surface area contributed by atoms with Crippen molar-refractivity contribution in [3.8, 4) is 0 Å². The van der Waals surface area contributed by atoms with Gasteiger partial charge in [-0.15, -0.1) is 11.3 Å². The zero-order valence-corrected chi connectivity index (χ0v) is 9.67. The Balaban J connectivity index is 2.25. The molecule has 3 rings (SSSR count). The molecule has 2 nitrogen and oxygen atoms in total. The number of benzene rings is 1.